The standard InChI is InChI=1S/C19H22F3N5OS2/c20-19(21,22)12-4-7-15(27-8-2-1-3-9-27)14(10-12)24-16(28)11-29-18-26-25-17(30-18)23-13-5-6-13/h4,7,10,13H,1-3,5-6,8-9,11H2,(H,23,25)(H,24,28). The van der Waals surface area contributed by atoms with Crippen molar-refractivity contribution in [2.24, 2.45) is 0 Å². The van der Waals surface area contributed by atoms with E-state index < -0.39 is 11.7 Å². The maximum atomic E-state index is 13.2. The largest absolute Gasteiger partial charge is 0.416 e. The number of hydrogen-bond acceptors (Lipinski definition) is 7. The van der Waals surface area contributed by atoms with Crippen LogP contribution in [0.4, 0.5) is 29.7 Å². The molecule has 30 heavy (non-hydrogen) atoms. The fraction of sp³-hybridized carbons (Fsp3) is 0.526. The molecule has 11 heteroatoms. The first-order chi connectivity index (χ1) is 14.4. The SMILES string of the molecule is O=C(CSc1nnc(NC2CC2)s1)Nc1cc(C(F)(F)F)ccc1N1CCCCC1. The van der Waals surface area contributed by atoms with E-state index in [1.807, 2.05) is 4.90 Å². The zero-order chi connectivity index (χ0) is 21.1. The fourth-order valence-corrected chi connectivity index (χ4v) is 4.89. The summed E-state index contributed by atoms with van der Waals surface area (Å²) in [5.74, 6) is -0.321. The van der Waals surface area contributed by atoms with Gasteiger partial charge in [0.15, 0.2) is 4.34 Å². The summed E-state index contributed by atoms with van der Waals surface area (Å²) in [6.07, 6.45) is 0.861. The van der Waals surface area contributed by atoms with Gasteiger partial charge in [0, 0.05) is 19.1 Å². The number of nitrogens with zero attached hydrogens (tertiary/aromatic N) is 3. The molecule has 1 aliphatic carbocycles. The van der Waals surface area contributed by atoms with Gasteiger partial charge in [-0.25, -0.2) is 0 Å². The number of hydrogen-bond donors (Lipinski definition) is 2. The Bertz CT molecular complexity index is 895. The number of halogens is 3. The normalized spacial score (nSPS) is 17.1. The second kappa shape index (κ2) is 9.01. The van der Waals surface area contributed by atoms with Crippen LogP contribution in [0, 0.1) is 0 Å². The average molecular weight is 458 g/mol. The van der Waals surface area contributed by atoms with E-state index in [0.29, 0.717) is 16.1 Å². The minimum atomic E-state index is -4.47. The van der Waals surface area contributed by atoms with Crippen LogP contribution in [-0.4, -0.2) is 41.0 Å². The highest BCUT2D eigenvalue weighted by Crippen LogP contribution is 2.37. The number of aromatic nitrogens is 2. The Hall–Kier alpha value is -2.01. The lowest BCUT2D eigenvalue weighted by molar-refractivity contribution is -0.137. The number of nitrogens with one attached hydrogen (secondary N) is 2. The van der Waals surface area contributed by atoms with Crippen molar-refractivity contribution in [1.29, 1.82) is 0 Å². The summed E-state index contributed by atoms with van der Waals surface area (Å²) in [7, 11) is 0. The molecule has 0 bridgehead atoms. The van der Waals surface area contributed by atoms with Crippen molar-refractivity contribution < 1.29 is 18.0 Å². The van der Waals surface area contributed by atoms with Crippen molar-refractivity contribution in [1.82, 2.24) is 10.2 Å². The zero-order valence-corrected chi connectivity index (χ0v) is 17.8. The van der Waals surface area contributed by atoms with E-state index in [1.54, 1.807) is 0 Å². The van der Waals surface area contributed by atoms with Crippen LogP contribution >= 0.6 is 23.1 Å². The van der Waals surface area contributed by atoms with Crippen molar-refractivity contribution in [3.63, 3.8) is 0 Å². The molecule has 1 amide bonds. The predicted molar refractivity (Wildman–Crippen MR) is 113 cm³/mol. The van der Waals surface area contributed by atoms with E-state index in [4.69, 9.17) is 0 Å². The number of amides is 1. The van der Waals surface area contributed by atoms with Crippen LogP contribution in [0.15, 0.2) is 22.5 Å². The highest BCUT2D eigenvalue weighted by Gasteiger charge is 2.32. The topological polar surface area (TPSA) is 70.1 Å². The Morgan fingerprint density at radius 1 is 1.20 bits per heavy atom. The maximum absolute atomic E-state index is 13.2. The summed E-state index contributed by atoms with van der Waals surface area (Å²) < 4.78 is 40.2. The van der Waals surface area contributed by atoms with Crippen LogP contribution in [0.5, 0.6) is 0 Å². The minimum Gasteiger partial charge on any atom is -0.370 e. The van der Waals surface area contributed by atoms with Crippen LogP contribution in [-0.2, 0) is 11.0 Å². The first kappa shape index (κ1) is 21.2. The van der Waals surface area contributed by atoms with Crippen LogP contribution in [0.1, 0.15) is 37.7 Å². The third kappa shape index (κ3) is 5.57. The first-order valence-corrected chi connectivity index (χ1v) is 11.7. The molecule has 2 fully saturated rings. The molecule has 0 radical (unpaired) electrons. The quantitative estimate of drug-likeness (QED) is 0.579. The van der Waals surface area contributed by atoms with Crippen LogP contribution < -0.4 is 15.5 Å². The molecule has 2 heterocycles. The zero-order valence-electron chi connectivity index (χ0n) is 16.2. The summed E-state index contributed by atoms with van der Waals surface area (Å²) in [5.41, 5.74) is 0.0599. The van der Waals surface area contributed by atoms with E-state index in [0.717, 1.165) is 62.5 Å². The number of benzene rings is 1. The summed E-state index contributed by atoms with van der Waals surface area (Å²) in [5, 5.41) is 14.7. The Labute approximate surface area is 180 Å². The van der Waals surface area contributed by atoms with Crippen molar-refractivity contribution in [2.75, 3.05) is 34.4 Å². The van der Waals surface area contributed by atoms with Crippen molar-refractivity contribution in [3.05, 3.63) is 23.8 Å². The van der Waals surface area contributed by atoms with Gasteiger partial charge in [0.05, 0.1) is 22.7 Å². The van der Waals surface area contributed by atoms with Crippen molar-refractivity contribution in [2.45, 2.75) is 48.7 Å². The third-order valence-corrected chi connectivity index (χ3v) is 6.92. The molecule has 1 aromatic carbocycles. The molecular formula is C19H22F3N5OS2. The molecule has 2 aromatic rings. The van der Waals surface area contributed by atoms with Gasteiger partial charge in [-0.15, -0.1) is 10.2 Å². The van der Waals surface area contributed by atoms with E-state index >= 15 is 0 Å². The molecule has 1 aliphatic heterocycles. The first-order valence-electron chi connectivity index (χ1n) is 9.87. The molecule has 4 rings (SSSR count). The fourth-order valence-electron chi connectivity index (χ4n) is 3.27. The van der Waals surface area contributed by atoms with Crippen molar-refractivity contribution >= 4 is 45.5 Å². The second-order valence-electron chi connectivity index (χ2n) is 7.41. The molecule has 1 aromatic heterocycles. The number of thioether (sulfide) groups is 1. The minimum absolute atomic E-state index is 0.0494. The Morgan fingerprint density at radius 2 is 1.97 bits per heavy atom. The number of alkyl halides is 3. The average Bonchev–Trinajstić information content (AvgIpc) is 3.42. The second-order valence-corrected chi connectivity index (χ2v) is 9.61. The van der Waals surface area contributed by atoms with Gasteiger partial charge in [0.25, 0.3) is 0 Å². The number of rotatable bonds is 7. The van der Waals surface area contributed by atoms with Gasteiger partial charge in [0.1, 0.15) is 0 Å². The predicted octanol–water partition coefficient (Wildman–Crippen LogP) is 4.85. The Balaban J connectivity index is 1.42. The Kier molecular flexibility index (Phi) is 6.37. The molecule has 0 spiro atoms. The van der Waals surface area contributed by atoms with Gasteiger partial charge in [0.2, 0.25) is 11.0 Å². The third-order valence-electron chi connectivity index (χ3n) is 4.93. The van der Waals surface area contributed by atoms with E-state index in [9.17, 15) is 18.0 Å². The van der Waals surface area contributed by atoms with Gasteiger partial charge in [-0.05, 0) is 50.3 Å². The van der Waals surface area contributed by atoms with Gasteiger partial charge >= 0.3 is 6.18 Å². The van der Waals surface area contributed by atoms with Gasteiger partial charge < -0.3 is 15.5 Å². The molecule has 162 valence electrons. The lowest BCUT2D eigenvalue weighted by Gasteiger charge is -2.31. The molecule has 1 saturated heterocycles. The van der Waals surface area contributed by atoms with Gasteiger partial charge in [-0.2, -0.15) is 13.2 Å². The monoisotopic (exact) mass is 457 g/mol. The summed E-state index contributed by atoms with van der Waals surface area (Å²) >= 11 is 2.60. The maximum Gasteiger partial charge on any atom is 0.416 e. The van der Waals surface area contributed by atoms with Crippen molar-refractivity contribution in [3.8, 4) is 0 Å². The highest BCUT2D eigenvalue weighted by molar-refractivity contribution is 8.01. The molecule has 0 atom stereocenters. The highest BCUT2D eigenvalue weighted by atomic mass is 32.2. The van der Waals surface area contributed by atoms with Gasteiger partial charge in [-0.1, -0.05) is 23.1 Å². The summed E-state index contributed by atoms with van der Waals surface area (Å²) in [6, 6.07) is 4.02. The summed E-state index contributed by atoms with van der Waals surface area (Å²) in [6.45, 7) is 1.54. The van der Waals surface area contributed by atoms with Crippen LogP contribution in [0.2, 0.25) is 0 Å². The molecule has 0 unspecified atom stereocenters. The smallest absolute Gasteiger partial charge is 0.370 e. The molecule has 6 nitrogen and oxygen atoms in total. The van der Waals surface area contributed by atoms with E-state index in [-0.39, 0.29) is 17.3 Å². The molecular weight excluding hydrogens is 435 g/mol. The molecule has 2 aliphatic rings. The van der Waals surface area contributed by atoms with Gasteiger partial charge in [-0.3, -0.25) is 4.79 Å². The number of carbonyl (C=O) groups is 1. The number of anilines is 3. The van der Waals surface area contributed by atoms with E-state index in [1.165, 1.54) is 29.2 Å². The molecule has 1 saturated carbocycles. The Morgan fingerprint density at radius 3 is 2.67 bits per heavy atom. The number of piperidine rings is 1. The lowest BCUT2D eigenvalue weighted by Crippen LogP contribution is -2.30. The summed E-state index contributed by atoms with van der Waals surface area (Å²) in [4.78, 5) is 14.5. The van der Waals surface area contributed by atoms with Crippen LogP contribution in [0.3, 0.4) is 0 Å². The van der Waals surface area contributed by atoms with E-state index in [2.05, 4.69) is 20.8 Å². The lowest BCUT2D eigenvalue weighted by atomic mass is 10.1. The van der Waals surface area contributed by atoms with Crippen LogP contribution in [0.25, 0.3) is 0 Å². The molecule has 2 N–H and O–H groups in total. The number of carbonyl (C=O) groups excluding carboxylic acids is 1.